The molecule has 0 unspecified atom stereocenters. The number of fused-ring (bicyclic) bond motifs is 1. The molecule has 3 aromatic rings. The van der Waals surface area contributed by atoms with Crippen LogP contribution >= 0.6 is 0 Å². The second-order valence-corrected chi connectivity index (χ2v) is 10.5. The normalized spacial score (nSPS) is 10.8. The van der Waals surface area contributed by atoms with Crippen LogP contribution in [0, 0.1) is 0 Å². The molecule has 6 N–H and O–H groups in total. The number of ether oxygens (including phenoxy) is 2. The number of unbranched alkanes of at least 4 members (excludes halogenated alkanes) is 2. The maximum absolute atomic E-state index is 11.7. The molecule has 47 heavy (non-hydrogen) atoms. The van der Waals surface area contributed by atoms with Gasteiger partial charge in [0.15, 0.2) is 11.5 Å². The van der Waals surface area contributed by atoms with Crippen molar-refractivity contribution in [1.82, 2.24) is 49.9 Å². The first kappa shape index (κ1) is 38.5. The first-order valence-electron chi connectivity index (χ1n) is 15.4. The van der Waals surface area contributed by atoms with E-state index in [0.29, 0.717) is 82.4 Å². The highest BCUT2D eigenvalue weighted by atomic mass is 16.5. The van der Waals surface area contributed by atoms with Crippen molar-refractivity contribution in [3.05, 3.63) is 45.8 Å². The van der Waals surface area contributed by atoms with Crippen molar-refractivity contribution in [2.24, 2.45) is 0 Å². The van der Waals surface area contributed by atoms with Crippen molar-refractivity contribution < 1.29 is 23.9 Å². The van der Waals surface area contributed by atoms with Crippen LogP contribution in [0.4, 0.5) is 5.82 Å². The van der Waals surface area contributed by atoms with Crippen LogP contribution in [-0.2, 0) is 36.9 Å². The second kappa shape index (κ2) is 22.8. The Bertz CT molecular complexity index is 1470. The lowest BCUT2D eigenvalue weighted by Gasteiger charge is -2.10. The summed E-state index contributed by atoms with van der Waals surface area (Å²) in [6.45, 7) is 5.28. The third-order valence-corrected chi connectivity index (χ3v) is 6.51. The number of nitrogens with zero attached hydrogens (tertiary/aromatic N) is 6. The molecule has 0 spiro atoms. The van der Waals surface area contributed by atoms with Crippen LogP contribution in [0.15, 0.2) is 34.5 Å². The summed E-state index contributed by atoms with van der Waals surface area (Å²) in [5, 5.41) is 8.17. The van der Waals surface area contributed by atoms with E-state index in [9.17, 15) is 24.0 Å². The maximum Gasteiger partial charge on any atom is 0.328 e. The number of amides is 3. The number of nitrogen functional groups attached to an aromatic ring is 1. The standard InChI is InChI=1S/C15H26N4O5.C14H21N7O2/c1-18(2)8-10-24-12-11-23-9-5-16-13(20)3-6-19-7-4-14(21)17-15(19)22;15-13-12-14(19-8-18-13)21(9-20-12)7-6-17-11(23)4-2-1-3-5-16-10-22/h4,7H,3,5-6,8-12H2,1-2H3,(H,16,20)(H,17,21,22);8-10H,1-7H2,(H,16,22)(H,17,23)(H2,15,18,19). The summed E-state index contributed by atoms with van der Waals surface area (Å²) in [5.74, 6) is 0.188. The van der Waals surface area contributed by atoms with Gasteiger partial charge in [-0.15, -0.1) is 0 Å². The van der Waals surface area contributed by atoms with Crippen LogP contribution in [0.1, 0.15) is 32.1 Å². The number of imidazole rings is 1. The minimum atomic E-state index is -0.520. The summed E-state index contributed by atoms with van der Waals surface area (Å²) in [6.07, 6.45) is 8.34. The first-order valence-corrected chi connectivity index (χ1v) is 15.4. The molecule has 3 aromatic heterocycles. The van der Waals surface area contributed by atoms with E-state index in [4.69, 9.17) is 15.2 Å². The summed E-state index contributed by atoms with van der Waals surface area (Å²) in [6, 6.07) is 1.24. The van der Waals surface area contributed by atoms with Gasteiger partial charge in [0, 0.05) is 64.4 Å². The molecule has 3 amide bonds. The first-order chi connectivity index (χ1) is 22.7. The summed E-state index contributed by atoms with van der Waals surface area (Å²) in [7, 11) is 3.96. The third-order valence-electron chi connectivity index (χ3n) is 6.51. The molecule has 0 saturated heterocycles. The number of aromatic amines is 1. The van der Waals surface area contributed by atoms with Crippen molar-refractivity contribution in [1.29, 1.82) is 0 Å². The molecule has 18 nitrogen and oxygen atoms in total. The summed E-state index contributed by atoms with van der Waals surface area (Å²) >= 11 is 0. The highest BCUT2D eigenvalue weighted by Gasteiger charge is 2.08. The van der Waals surface area contributed by atoms with E-state index >= 15 is 0 Å². The average Bonchev–Trinajstić information content (AvgIpc) is 3.46. The molecule has 0 aromatic carbocycles. The Morgan fingerprint density at radius 3 is 2.40 bits per heavy atom. The smallest absolute Gasteiger partial charge is 0.328 e. The Hall–Kier alpha value is -4.68. The number of nitrogens with two attached hydrogens (primary N) is 1. The molecule has 0 aliphatic heterocycles. The van der Waals surface area contributed by atoms with Gasteiger partial charge in [-0.25, -0.2) is 19.7 Å². The highest BCUT2D eigenvalue weighted by Crippen LogP contribution is 2.13. The number of carbonyl (C=O) groups excluding carboxylic acids is 3. The Balaban J connectivity index is 0.000000327. The van der Waals surface area contributed by atoms with Crippen molar-refractivity contribution in [3.63, 3.8) is 0 Å². The van der Waals surface area contributed by atoms with Gasteiger partial charge in [0.2, 0.25) is 18.2 Å². The molecular weight excluding hydrogens is 614 g/mol. The molecule has 0 radical (unpaired) electrons. The number of nitrogens with one attached hydrogen (secondary N) is 4. The number of anilines is 1. The van der Waals surface area contributed by atoms with Gasteiger partial charge in [-0.1, -0.05) is 6.42 Å². The number of carbonyl (C=O) groups is 3. The number of likely N-dealkylation sites (N-methyl/N-ethyl adjacent to an activating group) is 1. The Kier molecular flexibility index (Phi) is 18.6. The fraction of sp³-hybridized carbons (Fsp3) is 0.586. The van der Waals surface area contributed by atoms with E-state index in [-0.39, 0.29) is 24.8 Å². The van der Waals surface area contributed by atoms with E-state index in [0.717, 1.165) is 25.8 Å². The number of aromatic nitrogens is 6. The van der Waals surface area contributed by atoms with Crippen molar-refractivity contribution in [3.8, 4) is 0 Å². The van der Waals surface area contributed by atoms with Gasteiger partial charge in [-0.05, 0) is 26.9 Å². The summed E-state index contributed by atoms with van der Waals surface area (Å²) in [4.78, 5) is 72.2. The third kappa shape index (κ3) is 16.4. The predicted molar refractivity (Wildman–Crippen MR) is 174 cm³/mol. The van der Waals surface area contributed by atoms with Crippen LogP contribution in [0.3, 0.4) is 0 Å². The zero-order chi connectivity index (χ0) is 34.3. The average molecular weight is 662 g/mol. The molecule has 260 valence electrons. The Morgan fingerprint density at radius 1 is 0.915 bits per heavy atom. The number of hydrogen-bond acceptors (Lipinski definition) is 12. The topological polar surface area (TPSA) is 233 Å². The van der Waals surface area contributed by atoms with Crippen molar-refractivity contribution in [2.45, 2.75) is 45.2 Å². The molecule has 3 rings (SSSR count). The van der Waals surface area contributed by atoms with Crippen molar-refractivity contribution >= 4 is 35.2 Å². The lowest BCUT2D eigenvalue weighted by atomic mass is 10.2. The number of rotatable bonds is 22. The molecule has 0 aliphatic carbocycles. The monoisotopic (exact) mass is 661 g/mol. The van der Waals surface area contributed by atoms with Gasteiger partial charge >= 0.3 is 5.69 Å². The van der Waals surface area contributed by atoms with E-state index in [1.165, 1.54) is 23.2 Å². The van der Waals surface area contributed by atoms with E-state index in [1.807, 2.05) is 23.6 Å². The quantitative estimate of drug-likeness (QED) is 0.0610. The van der Waals surface area contributed by atoms with Gasteiger partial charge in [-0.3, -0.25) is 24.2 Å². The highest BCUT2D eigenvalue weighted by molar-refractivity contribution is 5.81. The number of aryl methyl sites for hydroxylation is 1. The Morgan fingerprint density at radius 2 is 1.66 bits per heavy atom. The van der Waals surface area contributed by atoms with Gasteiger partial charge in [-0.2, -0.15) is 0 Å². The molecule has 0 saturated carbocycles. The summed E-state index contributed by atoms with van der Waals surface area (Å²) < 4.78 is 13.8. The summed E-state index contributed by atoms with van der Waals surface area (Å²) in [5.41, 5.74) is 5.98. The van der Waals surface area contributed by atoms with Gasteiger partial charge in [0.1, 0.15) is 11.8 Å². The molecule has 0 atom stereocenters. The van der Waals surface area contributed by atoms with E-state index < -0.39 is 11.2 Å². The molecule has 0 fully saturated rings. The van der Waals surface area contributed by atoms with Crippen LogP contribution in [0.5, 0.6) is 0 Å². The van der Waals surface area contributed by atoms with Crippen molar-refractivity contribution in [2.75, 3.05) is 72.4 Å². The molecule has 0 bridgehead atoms. The minimum absolute atomic E-state index is 0.0203. The zero-order valence-corrected chi connectivity index (χ0v) is 27.1. The van der Waals surface area contributed by atoms with E-state index in [1.54, 1.807) is 6.33 Å². The molecular formula is C29H47N11O7. The maximum atomic E-state index is 11.7. The minimum Gasteiger partial charge on any atom is -0.382 e. The van der Waals surface area contributed by atoms with Gasteiger partial charge in [0.05, 0.1) is 32.8 Å². The SMILES string of the molecule is CN(C)CCOCCOCCNC(=O)CCn1ccc(=O)[nH]c1=O.Nc1ncnc2c1ncn2CCNC(=O)CCCCCNC=O. The van der Waals surface area contributed by atoms with Crippen LogP contribution in [0.25, 0.3) is 11.2 Å². The van der Waals surface area contributed by atoms with Gasteiger partial charge < -0.3 is 45.2 Å². The van der Waals surface area contributed by atoms with Crippen LogP contribution < -0.4 is 32.9 Å². The van der Waals surface area contributed by atoms with E-state index in [2.05, 4.69) is 35.9 Å². The molecule has 18 heteroatoms. The number of H-pyrrole nitrogens is 1. The lowest BCUT2D eigenvalue weighted by molar-refractivity contribution is -0.122. The van der Waals surface area contributed by atoms with Crippen LogP contribution in [-0.4, -0.2) is 119 Å². The molecule has 3 heterocycles. The largest absolute Gasteiger partial charge is 0.382 e. The molecule has 0 aliphatic rings. The fourth-order valence-corrected chi connectivity index (χ4v) is 3.98. The van der Waals surface area contributed by atoms with Gasteiger partial charge in [0.25, 0.3) is 5.56 Å². The fourth-order valence-electron chi connectivity index (χ4n) is 3.98. The number of hydrogen-bond donors (Lipinski definition) is 5. The predicted octanol–water partition coefficient (Wildman–Crippen LogP) is -1.53. The van der Waals surface area contributed by atoms with Crippen LogP contribution in [0.2, 0.25) is 0 Å². The second-order valence-electron chi connectivity index (χ2n) is 10.5. The zero-order valence-electron chi connectivity index (χ0n) is 27.1. The lowest BCUT2D eigenvalue weighted by Crippen LogP contribution is -2.32. The Labute approximate surface area is 272 Å².